The van der Waals surface area contributed by atoms with Crippen molar-refractivity contribution in [1.82, 2.24) is 9.78 Å². The second-order valence-corrected chi connectivity index (χ2v) is 8.01. The Morgan fingerprint density at radius 3 is 2.67 bits per heavy atom. The minimum atomic E-state index is -0.517. The van der Waals surface area contributed by atoms with Crippen LogP contribution in [0.3, 0.4) is 0 Å². The first-order valence-corrected chi connectivity index (χ1v) is 11.0. The number of hydrogen-bond acceptors (Lipinski definition) is 5. The largest absolute Gasteiger partial charge is 0.494 e. The quantitative estimate of drug-likeness (QED) is 0.594. The summed E-state index contributed by atoms with van der Waals surface area (Å²) in [5.41, 5.74) is 3.15. The molecule has 33 heavy (non-hydrogen) atoms. The minimum absolute atomic E-state index is 0.0413. The van der Waals surface area contributed by atoms with Crippen molar-refractivity contribution in [2.45, 2.75) is 32.2 Å². The zero-order chi connectivity index (χ0) is 22.9. The molecule has 2 N–H and O–H groups in total. The molecule has 3 aromatic rings. The first kappa shape index (κ1) is 20.9. The van der Waals surface area contributed by atoms with E-state index in [1.165, 1.54) is 18.3 Å². The predicted octanol–water partition coefficient (Wildman–Crippen LogP) is 4.70. The maximum atomic E-state index is 13.6. The second kappa shape index (κ2) is 8.54. The molecule has 1 atom stereocenters. The highest BCUT2D eigenvalue weighted by Gasteiger charge is 2.37. The molecule has 168 valence electrons. The van der Waals surface area contributed by atoms with Gasteiger partial charge in [0.1, 0.15) is 29.0 Å². The van der Waals surface area contributed by atoms with E-state index in [1.807, 2.05) is 6.92 Å². The molecule has 0 spiro atoms. The average molecular weight is 446 g/mol. The lowest BCUT2D eigenvalue weighted by Crippen LogP contribution is -2.32. The van der Waals surface area contributed by atoms with Crippen LogP contribution in [0, 0.1) is 5.82 Å². The number of fused-ring (bicyclic) bond motifs is 1. The smallest absolute Gasteiger partial charge is 0.261 e. The highest BCUT2D eigenvalue weighted by Crippen LogP contribution is 2.41. The molecule has 1 aliphatic heterocycles. The van der Waals surface area contributed by atoms with E-state index in [0.717, 1.165) is 23.4 Å². The highest BCUT2D eigenvalue weighted by molar-refractivity contribution is 6.08. The molecule has 0 fully saturated rings. The number of aromatic nitrogens is 2. The van der Waals surface area contributed by atoms with Crippen LogP contribution >= 0.6 is 0 Å². The van der Waals surface area contributed by atoms with E-state index in [4.69, 9.17) is 4.74 Å². The van der Waals surface area contributed by atoms with E-state index in [-0.39, 0.29) is 17.5 Å². The maximum Gasteiger partial charge on any atom is 0.261 e. The lowest BCUT2D eigenvalue weighted by molar-refractivity contribution is -0.116. The SMILES string of the molecule is CCOc1ccc(NC(=O)c2cnn3c2NC2=C(C(=O)CCC2)[C@@H]3c2ccc(F)cc2)cc1. The van der Waals surface area contributed by atoms with Crippen molar-refractivity contribution in [3.05, 3.63) is 82.9 Å². The number of carbonyl (C=O) groups excluding carboxylic acids is 2. The number of ether oxygens (including phenoxy) is 1. The molecule has 1 aliphatic carbocycles. The number of rotatable bonds is 5. The van der Waals surface area contributed by atoms with Crippen LogP contribution < -0.4 is 15.4 Å². The van der Waals surface area contributed by atoms with Crippen molar-refractivity contribution < 1.29 is 18.7 Å². The Bertz CT molecular complexity index is 1250. The molecule has 0 saturated heterocycles. The number of nitrogens with one attached hydrogen (secondary N) is 2. The van der Waals surface area contributed by atoms with Crippen molar-refractivity contribution in [1.29, 1.82) is 0 Å². The number of halogens is 1. The molecule has 0 unspecified atom stereocenters. The molecule has 2 aliphatic rings. The average Bonchev–Trinajstić information content (AvgIpc) is 3.24. The molecule has 2 heterocycles. The number of allylic oxidation sites excluding steroid dienone is 2. The standard InChI is InChI=1S/C25H23FN4O3/c1-2-33-18-12-10-17(11-13-18)28-25(32)19-14-27-30-23(15-6-8-16(26)9-7-15)22-20(29-24(19)30)4-3-5-21(22)31/h6-14,23,29H,2-5H2,1H3,(H,28,32)/t23-/m0/s1. The number of ketones is 1. The predicted molar refractivity (Wildman–Crippen MR) is 122 cm³/mol. The van der Waals surface area contributed by atoms with Crippen LogP contribution in [0.15, 0.2) is 66.0 Å². The molecular formula is C25H23FN4O3. The van der Waals surface area contributed by atoms with Gasteiger partial charge in [-0.25, -0.2) is 9.07 Å². The van der Waals surface area contributed by atoms with Gasteiger partial charge in [0.15, 0.2) is 5.78 Å². The summed E-state index contributed by atoms with van der Waals surface area (Å²) in [5.74, 6) is 0.606. The normalized spacial score (nSPS) is 17.2. The Hall–Kier alpha value is -3.94. The van der Waals surface area contributed by atoms with Gasteiger partial charge in [0.05, 0.1) is 12.8 Å². The molecule has 5 rings (SSSR count). The van der Waals surface area contributed by atoms with Crippen molar-refractivity contribution in [3.63, 3.8) is 0 Å². The zero-order valence-electron chi connectivity index (χ0n) is 18.1. The molecule has 0 bridgehead atoms. The summed E-state index contributed by atoms with van der Waals surface area (Å²) in [6.07, 6.45) is 3.39. The molecular weight excluding hydrogens is 423 g/mol. The van der Waals surface area contributed by atoms with Gasteiger partial charge in [0.25, 0.3) is 5.91 Å². The van der Waals surface area contributed by atoms with Gasteiger partial charge in [0.2, 0.25) is 0 Å². The number of carbonyl (C=O) groups is 2. The monoisotopic (exact) mass is 446 g/mol. The summed E-state index contributed by atoms with van der Waals surface area (Å²) < 4.78 is 20.7. The van der Waals surface area contributed by atoms with Crippen LogP contribution in [0.1, 0.15) is 48.1 Å². The first-order valence-electron chi connectivity index (χ1n) is 11.0. The summed E-state index contributed by atoms with van der Waals surface area (Å²) in [5, 5.41) is 10.6. The molecule has 2 aromatic carbocycles. The molecule has 0 radical (unpaired) electrons. The molecule has 7 nitrogen and oxygen atoms in total. The van der Waals surface area contributed by atoms with Crippen molar-refractivity contribution in [2.75, 3.05) is 17.2 Å². The Kier molecular flexibility index (Phi) is 5.42. The van der Waals surface area contributed by atoms with Crippen LogP contribution in [0.25, 0.3) is 0 Å². The van der Waals surface area contributed by atoms with Crippen LogP contribution in [-0.2, 0) is 4.79 Å². The van der Waals surface area contributed by atoms with E-state index in [1.54, 1.807) is 41.1 Å². The Morgan fingerprint density at radius 1 is 1.18 bits per heavy atom. The molecule has 1 aromatic heterocycles. The maximum absolute atomic E-state index is 13.6. The van der Waals surface area contributed by atoms with Gasteiger partial charge >= 0.3 is 0 Å². The number of amides is 1. The summed E-state index contributed by atoms with van der Waals surface area (Å²) in [6, 6.07) is 12.7. The van der Waals surface area contributed by atoms with Gasteiger partial charge in [-0.05, 0) is 61.7 Å². The number of hydrogen-bond donors (Lipinski definition) is 2. The van der Waals surface area contributed by atoms with Crippen molar-refractivity contribution >= 4 is 23.2 Å². The van der Waals surface area contributed by atoms with Crippen molar-refractivity contribution in [2.24, 2.45) is 0 Å². The molecule has 0 saturated carbocycles. The van der Waals surface area contributed by atoms with E-state index < -0.39 is 6.04 Å². The number of benzene rings is 2. The number of Topliss-reactive ketones (excluding diaryl/α,β-unsaturated/α-hetero) is 1. The van der Waals surface area contributed by atoms with Gasteiger partial charge < -0.3 is 15.4 Å². The molecule has 1 amide bonds. The lowest BCUT2D eigenvalue weighted by Gasteiger charge is -2.33. The lowest BCUT2D eigenvalue weighted by atomic mass is 9.85. The topological polar surface area (TPSA) is 85.2 Å². The Morgan fingerprint density at radius 2 is 1.94 bits per heavy atom. The van der Waals surface area contributed by atoms with Crippen LogP contribution in [-0.4, -0.2) is 28.1 Å². The fourth-order valence-electron chi connectivity index (χ4n) is 4.38. The van der Waals surface area contributed by atoms with Gasteiger partial charge in [-0.15, -0.1) is 0 Å². The number of nitrogens with zero attached hydrogens (tertiary/aromatic N) is 2. The van der Waals surface area contributed by atoms with Gasteiger partial charge in [-0.3, -0.25) is 9.59 Å². The van der Waals surface area contributed by atoms with Crippen LogP contribution in [0.2, 0.25) is 0 Å². The third-order valence-electron chi connectivity index (χ3n) is 5.89. The van der Waals surface area contributed by atoms with Crippen molar-refractivity contribution in [3.8, 4) is 5.75 Å². The fourth-order valence-corrected chi connectivity index (χ4v) is 4.38. The van der Waals surface area contributed by atoms with E-state index >= 15 is 0 Å². The third kappa shape index (κ3) is 3.88. The molecule has 8 heteroatoms. The van der Waals surface area contributed by atoms with E-state index in [9.17, 15) is 14.0 Å². The number of anilines is 2. The minimum Gasteiger partial charge on any atom is -0.494 e. The van der Waals surface area contributed by atoms with Gasteiger partial charge in [-0.2, -0.15) is 5.10 Å². The summed E-state index contributed by atoms with van der Waals surface area (Å²) in [6.45, 7) is 2.47. The zero-order valence-corrected chi connectivity index (χ0v) is 18.1. The Labute approximate surface area is 190 Å². The first-order chi connectivity index (χ1) is 16.0. The van der Waals surface area contributed by atoms with Gasteiger partial charge in [-0.1, -0.05) is 12.1 Å². The third-order valence-corrected chi connectivity index (χ3v) is 5.89. The van der Waals surface area contributed by atoms with E-state index in [0.29, 0.717) is 42.1 Å². The summed E-state index contributed by atoms with van der Waals surface area (Å²) in [7, 11) is 0. The highest BCUT2D eigenvalue weighted by atomic mass is 19.1. The van der Waals surface area contributed by atoms with E-state index in [2.05, 4.69) is 15.7 Å². The van der Waals surface area contributed by atoms with Crippen LogP contribution in [0.4, 0.5) is 15.9 Å². The van der Waals surface area contributed by atoms with Crippen LogP contribution in [0.5, 0.6) is 5.75 Å². The second-order valence-electron chi connectivity index (χ2n) is 8.01. The van der Waals surface area contributed by atoms with Gasteiger partial charge in [0, 0.05) is 23.4 Å². The summed E-state index contributed by atoms with van der Waals surface area (Å²) >= 11 is 0. The Balaban J connectivity index is 1.50. The fraction of sp³-hybridized carbons (Fsp3) is 0.240. The summed E-state index contributed by atoms with van der Waals surface area (Å²) in [4.78, 5) is 25.9.